The number of nitrogens with one attached hydrogen (secondary N) is 2. The van der Waals surface area contributed by atoms with E-state index in [9.17, 15) is 9.59 Å². The van der Waals surface area contributed by atoms with Crippen LogP contribution in [0.4, 0.5) is 11.4 Å². The molecule has 0 spiro atoms. The maximum absolute atomic E-state index is 12.6. The molecule has 0 unspecified atom stereocenters. The van der Waals surface area contributed by atoms with E-state index >= 15 is 0 Å². The first-order valence-electron chi connectivity index (χ1n) is 7.90. The molecule has 0 radical (unpaired) electrons. The van der Waals surface area contributed by atoms with Crippen molar-refractivity contribution in [2.24, 2.45) is 5.92 Å². The molecule has 1 heterocycles. The van der Waals surface area contributed by atoms with Gasteiger partial charge in [0.2, 0.25) is 11.8 Å². The predicted molar refractivity (Wildman–Crippen MR) is 98.4 cm³/mol. The van der Waals surface area contributed by atoms with Gasteiger partial charge in [-0.2, -0.15) is 0 Å². The van der Waals surface area contributed by atoms with Crippen LogP contribution in [0.2, 0.25) is 0 Å². The summed E-state index contributed by atoms with van der Waals surface area (Å²) in [6, 6.07) is 13.5. The van der Waals surface area contributed by atoms with E-state index in [1.807, 2.05) is 56.3 Å². The van der Waals surface area contributed by atoms with Gasteiger partial charge in [-0.1, -0.05) is 36.8 Å². The van der Waals surface area contributed by atoms with Crippen LogP contribution in [0.25, 0.3) is 0 Å². The van der Waals surface area contributed by atoms with E-state index in [2.05, 4.69) is 10.6 Å². The van der Waals surface area contributed by atoms with Gasteiger partial charge >= 0.3 is 0 Å². The quantitative estimate of drug-likeness (QED) is 0.888. The summed E-state index contributed by atoms with van der Waals surface area (Å²) < 4.78 is 0. The standard InChI is InChI=1S/C19H20N2O2S/c1-11-8-9-14(12(2)10-11)20-18(22)13(3)17-19(23)21-15-6-4-5-7-16(15)24-17/h4-10,13,17H,1-3H3,(H,20,22)(H,21,23)/t13-,17+/m0/s1. The highest BCUT2D eigenvalue weighted by atomic mass is 32.2. The van der Waals surface area contributed by atoms with E-state index in [1.165, 1.54) is 11.8 Å². The third kappa shape index (κ3) is 3.31. The third-order valence-electron chi connectivity index (χ3n) is 4.16. The average Bonchev–Trinajstić information content (AvgIpc) is 2.56. The SMILES string of the molecule is Cc1ccc(NC(=O)[C@@H](C)[C@H]2Sc3ccccc3NC2=O)c(C)c1. The molecule has 4 nitrogen and oxygen atoms in total. The number of para-hydroxylation sites is 1. The van der Waals surface area contributed by atoms with Crippen molar-refractivity contribution in [1.29, 1.82) is 0 Å². The number of thioether (sulfide) groups is 1. The fourth-order valence-electron chi connectivity index (χ4n) is 2.73. The minimum atomic E-state index is -0.441. The van der Waals surface area contributed by atoms with Gasteiger partial charge in [-0.05, 0) is 37.6 Å². The van der Waals surface area contributed by atoms with Crippen molar-refractivity contribution < 1.29 is 9.59 Å². The van der Waals surface area contributed by atoms with Crippen LogP contribution in [-0.4, -0.2) is 17.1 Å². The number of benzene rings is 2. The molecule has 2 atom stereocenters. The topological polar surface area (TPSA) is 58.2 Å². The first-order chi connectivity index (χ1) is 11.5. The number of hydrogen-bond donors (Lipinski definition) is 2. The zero-order chi connectivity index (χ0) is 17.3. The van der Waals surface area contributed by atoms with Gasteiger partial charge in [0.1, 0.15) is 0 Å². The van der Waals surface area contributed by atoms with Crippen molar-refractivity contribution in [2.75, 3.05) is 10.6 Å². The molecule has 2 aromatic rings. The molecule has 0 saturated heterocycles. The maximum atomic E-state index is 12.6. The van der Waals surface area contributed by atoms with Crippen molar-refractivity contribution in [2.45, 2.75) is 30.9 Å². The second-order valence-electron chi connectivity index (χ2n) is 6.12. The molecule has 2 amide bonds. The Kier molecular flexibility index (Phi) is 4.62. The van der Waals surface area contributed by atoms with Crippen molar-refractivity contribution >= 4 is 35.0 Å². The summed E-state index contributed by atoms with van der Waals surface area (Å²) in [5.74, 6) is -0.708. The Balaban J connectivity index is 1.75. The molecule has 24 heavy (non-hydrogen) atoms. The van der Waals surface area contributed by atoms with Crippen molar-refractivity contribution in [3.8, 4) is 0 Å². The number of fused-ring (bicyclic) bond motifs is 1. The molecule has 0 bridgehead atoms. The number of amides is 2. The van der Waals surface area contributed by atoms with Crippen molar-refractivity contribution in [3.05, 3.63) is 53.6 Å². The van der Waals surface area contributed by atoms with Crippen LogP contribution in [0, 0.1) is 19.8 Å². The van der Waals surface area contributed by atoms with E-state index in [0.29, 0.717) is 0 Å². The monoisotopic (exact) mass is 340 g/mol. The fraction of sp³-hybridized carbons (Fsp3) is 0.263. The Hall–Kier alpha value is -2.27. The number of carbonyl (C=O) groups is 2. The molecule has 0 aromatic heterocycles. The molecule has 0 aliphatic carbocycles. The molecule has 2 N–H and O–H groups in total. The van der Waals surface area contributed by atoms with Gasteiger partial charge in [0.05, 0.1) is 16.9 Å². The number of rotatable bonds is 3. The lowest BCUT2D eigenvalue weighted by atomic mass is 10.0. The largest absolute Gasteiger partial charge is 0.326 e. The van der Waals surface area contributed by atoms with Gasteiger partial charge in [0.15, 0.2) is 0 Å². The molecule has 124 valence electrons. The minimum absolute atomic E-state index is 0.123. The van der Waals surface area contributed by atoms with Crippen LogP contribution < -0.4 is 10.6 Å². The van der Waals surface area contributed by atoms with Gasteiger partial charge < -0.3 is 10.6 Å². The molecule has 2 aromatic carbocycles. The number of aryl methyl sites for hydroxylation is 2. The van der Waals surface area contributed by atoms with Crippen LogP contribution in [0.15, 0.2) is 47.4 Å². The Bertz CT molecular complexity index is 804. The van der Waals surface area contributed by atoms with Gasteiger partial charge in [0.25, 0.3) is 0 Å². The molecule has 1 aliphatic rings. The summed E-state index contributed by atoms with van der Waals surface area (Å²) in [6.45, 7) is 5.78. The summed E-state index contributed by atoms with van der Waals surface area (Å²) >= 11 is 1.45. The van der Waals surface area contributed by atoms with Gasteiger partial charge in [0, 0.05) is 10.6 Å². The van der Waals surface area contributed by atoms with Gasteiger partial charge in [-0.15, -0.1) is 11.8 Å². The van der Waals surface area contributed by atoms with E-state index in [0.717, 1.165) is 27.4 Å². The minimum Gasteiger partial charge on any atom is -0.326 e. The van der Waals surface area contributed by atoms with E-state index in [4.69, 9.17) is 0 Å². The summed E-state index contributed by atoms with van der Waals surface area (Å²) in [5.41, 5.74) is 3.77. The fourth-order valence-corrected chi connectivity index (χ4v) is 3.90. The van der Waals surface area contributed by atoms with Crippen molar-refractivity contribution in [1.82, 2.24) is 0 Å². The summed E-state index contributed by atoms with van der Waals surface area (Å²) in [7, 11) is 0. The molecule has 5 heteroatoms. The summed E-state index contributed by atoms with van der Waals surface area (Å²) in [5, 5.41) is 5.40. The molecular formula is C19H20N2O2S. The molecule has 3 rings (SSSR count). The number of anilines is 2. The van der Waals surface area contributed by atoms with Gasteiger partial charge in [-0.25, -0.2) is 0 Å². The highest BCUT2D eigenvalue weighted by Gasteiger charge is 2.35. The van der Waals surface area contributed by atoms with E-state index in [1.54, 1.807) is 6.92 Å². The number of carbonyl (C=O) groups excluding carboxylic acids is 2. The lowest BCUT2D eigenvalue weighted by molar-refractivity contribution is -0.123. The van der Waals surface area contributed by atoms with Crippen LogP contribution in [0.1, 0.15) is 18.1 Å². The molecule has 1 aliphatic heterocycles. The lowest BCUT2D eigenvalue weighted by Crippen LogP contribution is -2.39. The Morgan fingerprint density at radius 2 is 1.96 bits per heavy atom. The Morgan fingerprint density at radius 3 is 2.71 bits per heavy atom. The maximum Gasteiger partial charge on any atom is 0.238 e. The lowest BCUT2D eigenvalue weighted by Gasteiger charge is -2.27. The Labute approximate surface area is 146 Å². The second kappa shape index (κ2) is 6.69. The summed E-state index contributed by atoms with van der Waals surface area (Å²) in [4.78, 5) is 26.0. The molecule has 0 fully saturated rings. The van der Waals surface area contributed by atoms with Crippen LogP contribution in [0.3, 0.4) is 0 Å². The van der Waals surface area contributed by atoms with E-state index < -0.39 is 11.2 Å². The highest BCUT2D eigenvalue weighted by Crippen LogP contribution is 2.38. The predicted octanol–water partition coefficient (Wildman–Crippen LogP) is 3.99. The molecular weight excluding hydrogens is 320 g/mol. The average molecular weight is 340 g/mol. The zero-order valence-electron chi connectivity index (χ0n) is 13.9. The van der Waals surface area contributed by atoms with Crippen molar-refractivity contribution in [3.63, 3.8) is 0 Å². The summed E-state index contributed by atoms with van der Waals surface area (Å²) in [6.07, 6.45) is 0. The molecule has 0 saturated carbocycles. The van der Waals surface area contributed by atoms with E-state index in [-0.39, 0.29) is 11.8 Å². The van der Waals surface area contributed by atoms with Crippen LogP contribution in [-0.2, 0) is 9.59 Å². The first-order valence-corrected chi connectivity index (χ1v) is 8.78. The normalized spacial score (nSPS) is 17.6. The Morgan fingerprint density at radius 1 is 1.21 bits per heavy atom. The number of hydrogen-bond acceptors (Lipinski definition) is 3. The first kappa shape index (κ1) is 16.6. The zero-order valence-corrected chi connectivity index (χ0v) is 14.7. The highest BCUT2D eigenvalue weighted by molar-refractivity contribution is 8.01. The third-order valence-corrected chi connectivity index (χ3v) is 5.65. The second-order valence-corrected chi connectivity index (χ2v) is 7.30. The van der Waals surface area contributed by atoms with Crippen LogP contribution in [0.5, 0.6) is 0 Å². The smallest absolute Gasteiger partial charge is 0.238 e. The van der Waals surface area contributed by atoms with Gasteiger partial charge in [-0.3, -0.25) is 9.59 Å². The van der Waals surface area contributed by atoms with Crippen LogP contribution >= 0.6 is 11.8 Å².